The molecule has 0 amide bonds. The molecular weight excluding hydrogens is 214 g/mol. The van der Waals surface area contributed by atoms with E-state index in [2.05, 4.69) is 18.4 Å². The van der Waals surface area contributed by atoms with Crippen molar-refractivity contribution in [3.8, 4) is 0 Å². The number of para-hydroxylation sites is 1. The summed E-state index contributed by atoms with van der Waals surface area (Å²) in [6.45, 7) is 4.17. The zero-order valence-corrected chi connectivity index (χ0v) is 10.7. The zero-order chi connectivity index (χ0) is 12.6. The third-order valence-corrected chi connectivity index (χ3v) is 3.09. The summed E-state index contributed by atoms with van der Waals surface area (Å²) in [5, 5.41) is 0.963. The highest BCUT2D eigenvalue weighted by Crippen LogP contribution is 2.30. The summed E-state index contributed by atoms with van der Waals surface area (Å²) in [5.41, 5.74) is 2.79. The van der Waals surface area contributed by atoms with Gasteiger partial charge in [0.15, 0.2) is 0 Å². The van der Waals surface area contributed by atoms with Gasteiger partial charge in [-0.3, -0.25) is 0 Å². The van der Waals surface area contributed by atoms with Crippen LogP contribution in [0.4, 0.5) is 0 Å². The molecule has 3 heteroatoms. The number of benzene rings is 1. The molecule has 0 aliphatic heterocycles. The van der Waals surface area contributed by atoms with Crippen molar-refractivity contribution in [1.29, 1.82) is 0 Å². The number of nitrogens with zero attached hydrogens (tertiary/aromatic N) is 1. The number of hydrogen-bond acceptors (Lipinski definition) is 2. The molecule has 0 aliphatic rings. The lowest BCUT2D eigenvalue weighted by Gasteiger charge is -2.10. The van der Waals surface area contributed by atoms with E-state index in [1.54, 1.807) is 0 Å². The Hall–Kier alpha value is -1.77. The highest BCUT2D eigenvalue weighted by atomic mass is 16.5. The van der Waals surface area contributed by atoms with Gasteiger partial charge in [0.2, 0.25) is 0 Å². The second kappa shape index (κ2) is 4.24. The van der Waals surface area contributed by atoms with E-state index in [0.717, 1.165) is 16.6 Å². The summed E-state index contributed by atoms with van der Waals surface area (Å²) in [6.07, 6.45) is 0. The maximum absolute atomic E-state index is 11.9. The van der Waals surface area contributed by atoms with Gasteiger partial charge in [0, 0.05) is 23.6 Å². The average Bonchev–Trinajstić information content (AvgIpc) is 2.62. The van der Waals surface area contributed by atoms with Gasteiger partial charge in [-0.25, -0.2) is 4.79 Å². The molecule has 0 fully saturated rings. The zero-order valence-electron chi connectivity index (χ0n) is 10.7. The molecule has 1 heterocycles. The van der Waals surface area contributed by atoms with Crippen LogP contribution < -0.4 is 0 Å². The standard InChI is InChI=1S/C14H17NO2/c1-9(2)13-12(14(16)17-4)10-7-5-6-8-11(10)15(13)3/h5-9H,1-4H3. The van der Waals surface area contributed by atoms with Crippen LogP contribution in [-0.4, -0.2) is 17.6 Å². The Labute approximate surface area is 101 Å². The number of fused-ring (bicyclic) bond motifs is 1. The summed E-state index contributed by atoms with van der Waals surface area (Å²) >= 11 is 0. The Balaban J connectivity index is 2.86. The monoisotopic (exact) mass is 231 g/mol. The van der Waals surface area contributed by atoms with Crippen molar-refractivity contribution in [2.24, 2.45) is 7.05 Å². The molecule has 0 spiro atoms. The van der Waals surface area contributed by atoms with E-state index < -0.39 is 0 Å². The number of aryl methyl sites for hydroxylation is 1. The van der Waals surface area contributed by atoms with Crippen LogP contribution in [0.2, 0.25) is 0 Å². The second-order valence-electron chi connectivity index (χ2n) is 4.48. The molecule has 0 aliphatic carbocycles. The fourth-order valence-corrected chi connectivity index (χ4v) is 2.41. The van der Waals surface area contributed by atoms with Crippen LogP contribution >= 0.6 is 0 Å². The van der Waals surface area contributed by atoms with Crippen molar-refractivity contribution < 1.29 is 9.53 Å². The molecule has 2 rings (SSSR count). The Morgan fingerprint density at radius 2 is 1.94 bits per heavy atom. The van der Waals surface area contributed by atoms with Crippen molar-refractivity contribution in [1.82, 2.24) is 4.57 Å². The number of rotatable bonds is 2. The Morgan fingerprint density at radius 3 is 2.53 bits per heavy atom. The summed E-state index contributed by atoms with van der Waals surface area (Å²) in [6, 6.07) is 7.91. The molecule has 0 N–H and O–H groups in total. The smallest absolute Gasteiger partial charge is 0.340 e. The summed E-state index contributed by atoms with van der Waals surface area (Å²) in [4.78, 5) is 11.9. The first-order chi connectivity index (χ1) is 8.07. The molecule has 2 aromatic rings. The van der Waals surface area contributed by atoms with Crippen molar-refractivity contribution >= 4 is 16.9 Å². The van der Waals surface area contributed by atoms with E-state index in [0.29, 0.717) is 5.56 Å². The highest BCUT2D eigenvalue weighted by molar-refractivity contribution is 6.06. The van der Waals surface area contributed by atoms with Crippen LogP contribution in [0.1, 0.15) is 35.8 Å². The topological polar surface area (TPSA) is 31.2 Å². The van der Waals surface area contributed by atoms with Gasteiger partial charge in [0.25, 0.3) is 0 Å². The van der Waals surface area contributed by atoms with Gasteiger partial charge >= 0.3 is 5.97 Å². The fraction of sp³-hybridized carbons (Fsp3) is 0.357. The van der Waals surface area contributed by atoms with Gasteiger partial charge in [0.1, 0.15) is 0 Å². The lowest BCUT2D eigenvalue weighted by molar-refractivity contribution is 0.0601. The van der Waals surface area contributed by atoms with Gasteiger partial charge in [-0.1, -0.05) is 32.0 Å². The quantitative estimate of drug-likeness (QED) is 0.744. The van der Waals surface area contributed by atoms with E-state index in [9.17, 15) is 4.79 Å². The van der Waals surface area contributed by atoms with Crippen LogP contribution in [0.25, 0.3) is 10.9 Å². The first-order valence-electron chi connectivity index (χ1n) is 5.73. The molecule has 0 radical (unpaired) electrons. The van der Waals surface area contributed by atoms with E-state index >= 15 is 0 Å². The van der Waals surface area contributed by atoms with Crippen molar-refractivity contribution in [3.05, 3.63) is 35.5 Å². The van der Waals surface area contributed by atoms with E-state index in [1.165, 1.54) is 7.11 Å². The van der Waals surface area contributed by atoms with Crippen LogP contribution in [0.5, 0.6) is 0 Å². The van der Waals surface area contributed by atoms with Gasteiger partial charge in [-0.05, 0) is 12.0 Å². The lowest BCUT2D eigenvalue weighted by atomic mass is 10.0. The normalized spacial score (nSPS) is 11.1. The largest absolute Gasteiger partial charge is 0.465 e. The fourth-order valence-electron chi connectivity index (χ4n) is 2.41. The molecule has 0 bridgehead atoms. The van der Waals surface area contributed by atoms with E-state index in [1.807, 2.05) is 31.3 Å². The van der Waals surface area contributed by atoms with Crippen LogP contribution in [0.3, 0.4) is 0 Å². The van der Waals surface area contributed by atoms with Gasteiger partial charge in [-0.2, -0.15) is 0 Å². The SMILES string of the molecule is COC(=O)c1c(C(C)C)n(C)c2ccccc12. The number of hydrogen-bond donors (Lipinski definition) is 0. The number of carbonyl (C=O) groups is 1. The molecule has 1 aromatic heterocycles. The summed E-state index contributed by atoms with van der Waals surface area (Å²) in [7, 11) is 3.42. The van der Waals surface area contributed by atoms with Gasteiger partial charge in [0.05, 0.1) is 12.7 Å². The molecule has 0 atom stereocenters. The van der Waals surface area contributed by atoms with Crippen LogP contribution in [0, 0.1) is 0 Å². The number of ether oxygens (including phenoxy) is 1. The second-order valence-corrected chi connectivity index (χ2v) is 4.48. The van der Waals surface area contributed by atoms with Crippen LogP contribution in [0.15, 0.2) is 24.3 Å². The maximum atomic E-state index is 11.9. The Bertz CT molecular complexity index is 567. The Kier molecular flexibility index (Phi) is 2.92. The first-order valence-corrected chi connectivity index (χ1v) is 5.73. The molecule has 0 saturated carbocycles. The average molecular weight is 231 g/mol. The summed E-state index contributed by atoms with van der Waals surface area (Å²) < 4.78 is 6.97. The molecule has 90 valence electrons. The maximum Gasteiger partial charge on any atom is 0.340 e. The minimum Gasteiger partial charge on any atom is -0.465 e. The third-order valence-electron chi connectivity index (χ3n) is 3.09. The number of aromatic nitrogens is 1. The van der Waals surface area contributed by atoms with E-state index in [-0.39, 0.29) is 11.9 Å². The molecular formula is C14H17NO2. The summed E-state index contributed by atoms with van der Waals surface area (Å²) in [5.74, 6) is 0.0204. The van der Waals surface area contributed by atoms with E-state index in [4.69, 9.17) is 4.74 Å². The Morgan fingerprint density at radius 1 is 1.29 bits per heavy atom. The molecule has 0 saturated heterocycles. The predicted molar refractivity (Wildman–Crippen MR) is 68.3 cm³/mol. The number of carbonyl (C=O) groups excluding carboxylic acids is 1. The van der Waals surface area contributed by atoms with Crippen LogP contribution in [-0.2, 0) is 11.8 Å². The predicted octanol–water partition coefficient (Wildman–Crippen LogP) is 3.09. The molecule has 0 unspecified atom stereocenters. The number of esters is 1. The molecule has 1 aromatic carbocycles. The minimum absolute atomic E-state index is 0.259. The van der Waals surface area contributed by atoms with Crippen molar-refractivity contribution in [2.45, 2.75) is 19.8 Å². The minimum atomic E-state index is -0.259. The third kappa shape index (κ3) is 1.71. The lowest BCUT2D eigenvalue weighted by Crippen LogP contribution is -2.08. The van der Waals surface area contributed by atoms with Gasteiger partial charge in [-0.15, -0.1) is 0 Å². The number of methoxy groups -OCH3 is 1. The van der Waals surface area contributed by atoms with Crippen molar-refractivity contribution in [2.75, 3.05) is 7.11 Å². The highest BCUT2D eigenvalue weighted by Gasteiger charge is 2.22. The first kappa shape index (κ1) is 11.7. The molecule has 3 nitrogen and oxygen atoms in total. The molecule has 17 heavy (non-hydrogen) atoms. The van der Waals surface area contributed by atoms with Gasteiger partial charge < -0.3 is 9.30 Å². The van der Waals surface area contributed by atoms with Crippen molar-refractivity contribution in [3.63, 3.8) is 0 Å².